The number of nitrogens with zero attached hydrogens (tertiary/aromatic N) is 2. The predicted octanol–water partition coefficient (Wildman–Crippen LogP) is 0.254. The van der Waals surface area contributed by atoms with Crippen molar-refractivity contribution in [3.8, 4) is 0 Å². The molecule has 1 aliphatic heterocycles. The lowest BCUT2D eigenvalue weighted by molar-refractivity contribution is -0.145. The maximum Gasteiger partial charge on any atom is 0.319 e. The Morgan fingerprint density at radius 2 is 2.00 bits per heavy atom. The molecular formula is C12H20N2O5. The van der Waals surface area contributed by atoms with Crippen molar-refractivity contribution < 1.29 is 24.2 Å². The maximum absolute atomic E-state index is 12.0. The number of urea groups is 1. The third-order valence-electron chi connectivity index (χ3n) is 3.17. The van der Waals surface area contributed by atoms with Gasteiger partial charge >= 0.3 is 18.0 Å². The third-order valence-corrected chi connectivity index (χ3v) is 3.17. The Morgan fingerprint density at radius 3 is 2.47 bits per heavy atom. The van der Waals surface area contributed by atoms with Crippen LogP contribution in [0.1, 0.15) is 13.3 Å². The van der Waals surface area contributed by atoms with Crippen LogP contribution in [0.2, 0.25) is 0 Å². The van der Waals surface area contributed by atoms with Crippen LogP contribution >= 0.6 is 0 Å². The summed E-state index contributed by atoms with van der Waals surface area (Å²) in [6.45, 7) is 2.90. The van der Waals surface area contributed by atoms with Crippen LogP contribution in [0.25, 0.3) is 0 Å². The van der Waals surface area contributed by atoms with Crippen LogP contribution < -0.4 is 0 Å². The maximum atomic E-state index is 12.0. The van der Waals surface area contributed by atoms with Gasteiger partial charge in [0, 0.05) is 32.6 Å². The number of methoxy groups -OCH3 is 1. The number of carbonyl (C=O) groups excluding carboxylic acids is 2. The number of rotatable bonds is 5. The van der Waals surface area contributed by atoms with Gasteiger partial charge in [-0.25, -0.2) is 4.79 Å². The molecule has 0 aromatic rings. The second kappa shape index (κ2) is 6.40. The summed E-state index contributed by atoms with van der Waals surface area (Å²) < 4.78 is 4.60. The Morgan fingerprint density at radius 1 is 1.42 bits per heavy atom. The smallest absolute Gasteiger partial charge is 0.319 e. The molecule has 0 bridgehead atoms. The fourth-order valence-corrected chi connectivity index (χ4v) is 2.11. The number of likely N-dealkylation sites (tertiary alicyclic amines) is 1. The molecule has 108 valence electrons. The minimum Gasteiger partial charge on any atom is -0.481 e. The zero-order chi connectivity index (χ0) is 14.6. The fraction of sp³-hybridized carbons (Fsp3) is 0.750. The van der Waals surface area contributed by atoms with Gasteiger partial charge in [0.15, 0.2) is 0 Å². The first kappa shape index (κ1) is 15.3. The van der Waals surface area contributed by atoms with E-state index >= 15 is 0 Å². The second-order valence-corrected chi connectivity index (χ2v) is 4.96. The van der Waals surface area contributed by atoms with Crippen molar-refractivity contribution in [2.45, 2.75) is 13.3 Å². The third kappa shape index (κ3) is 4.11. The van der Waals surface area contributed by atoms with E-state index in [-0.39, 0.29) is 36.8 Å². The van der Waals surface area contributed by atoms with E-state index in [4.69, 9.17) is 5.11 Å². The molecule has 2 amide bonds. The molecule has 0 saturated carbocycles. The van der Waals surface area contributed by atoms with E-state index in [1.165, 1.54) is 12.0 Å². The first-order valence-corrected chi connectivity index (χ1v) is 6.14. The lowest BCUT2D eigenvalue weighted by Gasteiger charge is -2.40. The number of amides is 2. The van der Waals surface area contributed by atoms with Crippen LogP contribution in [0.4, 0.5) is 4.79 Å². The number of esters is 1. The minimum absolute atomic E-state index is 0.0351. The van der Waals surface area contributed by atoms with Crippen molar-refractivity contribution in [1.29, 1.82) is 0 Å². The molecule has 19 heavy (non-hydrogen) atoms. The van der Waals surface area contributed by atoms with Gasteiger partial charge < -0.3 is 19.6 Å². The zero-order valence-electron chi connectivity index (χ0n) is 11.5. The van der Waals surface area contributed by atoms with Crippen LogP contribution in [0.3, 0.4) is 0 Å². The normalized spacial score (nSPS) is 16.5. The van der Waals surface area contributed by atoms with Crippen LogP contribution in [0.15, 0.2) is 0 Å². The first-order chi connectivity index (χ1) is 8.85. The predicted molar refractivity (Wildman–Crippen MR) is 66.5 cm³/mol. The number of ether oxygens (including phenoxy) is 1. The Kier molecular flexibility index (Phi) is 5.14. The molecule has 1 saturated heterocycles. The van der Waals surface area contributed by atoms with Gasteiger partial charge in [-0.1, -0.05) is 6.92 Å². The Hall–Kier alpha value is -1.79. The van der Waals surface area contributed by atoms with Gasteiger partial charge in [0.1, 0.15) is 0 Å². The molecule has 1 atom stereocenters. The molecule has 1 N–H and O–H groups in total. The average Bonchev–Trinajstić information content (AvgIpc) is 2.30. The minimum atomic E-state index is -0.843. The zero-order valence-corrected chi connectivity index (χ0v) is 11.5. The van der Waals surface area contributed by atoms with E-state index in [0.29, 0.717) is 13.1 Å². The van der Waals surface area contributed by atoms with Gasteiger partial charge in [0.2, 0.25) is 0 Å². The van der Waals surface area contributed by atoms with Gasteiger partial charge in [0.25, 0.3) is 0 Å². The average molecular weight is 272 g/mol. The molecule has 0 spiro atoms. The summed E-state index contributed by atoms with van der Waals surface area (Å²) in [7, 11) is 2.93. The molecule has 0 aromatic carbocycles. The molecule has 1 rings (SSSR count). The van der Waals surface area contributed by atoms with E-state index in [2.05, 4.69) is 4.74 Å². The summed E-state index contributed by atoms with van der Waals surface area (Å²) in [6.07, 6.45) is 0.0893. The Bertz CT molecular complexity index is 365. The number of hydrogen-bond acceptors (Lipinski definition) is 4. The molecule has 1 heterocycles. The second-order valence-electron chi connectivity index (χ2n) is 4.96. The lowest BCUT2D eigenvalue weighted by atomic mass is 9.97. The lowest BCUT2D eigenvalue weighted by Crippen LogP contribution is -2.55. The highest BCUT2D eigenvalue weighted by Crippen LogP contribution is 2.20. The monoisotopic (exact) mass is 272 g/mol. The Labute approximate surface area is 112 Å². The summed E-state index contributed by atoms with van der Waals surface area (Å²) in [5, 5.41) is 8.62. The van der Waals surface area contributed by atoms with Crippen LogP contribution in [-0.4, -0.2) is 66.7 Å². The topological polar surface area (TPSA) is 87.2 Å². The van der Waals surface area contributed by atoms with Crippen molar-refractivity contribution in [3.63, 3.8) is 0 Å². The van der Waals surface area contributed by atoms with Crippen molar-refractivity contribution in [3.05, 3.63) is 0 Å². The summed E-state index contributed by atoms with van der Waals surface area (Å²) in [5.74, 6) is -1.54. The van der Waals surface area contributed by atoms with Crippen molar-refractivity contribution >= 4 is 18.0 Å². The molecule has 1 fully saturated rings. The largest absolute Gasteiger partial charge is 0.481 e. The fourth-order valence-electron chi connectivity index (χ4n) is 2.11. The van der Waals surface area contributed by atoms with Crippen molar-refractivity contribution in [2.24, 2.45) is 11.8 Å². The van der Waals surface area contributed by atoms with E-state index in [1.807, 2.05) is 0 Å². The molecule has 0 aromatic heterocycles. The van der Waals surface area contributed by atoms with Crippen molar-refractivity contribution in [1.82, 2.24) is 9.80 Å². The van der Waals surface area contributed by atoms with Gasteiger partial charge in [-0.05, 0) is 0 Å². The number of aliphatic carboxylic acids is 1. The standard InChI is InChI=1S/C12H20N2O5/c1-8(11(17)19-3)5-13(2)12(18)14-6-9(7-14)4-10(15)16/h8-9H,4-7H2,1-3H3,(H,15,16). The van der Waals surface area contributed by atoms with Gasteiger partial charge in [-0.2, -0.15) is 0 Å². The molecule has 7 nitrogen and oxygen atoms in total. The SMILES string of the molecule is COC(=O)C(C)CN(C)C(=O)N1CC(CC(=O)O)C1. The van der Waals surface area contributed by atoms with Gasteiger partial charge in [-0.15, -0.1) is 0 Å². The summed E-state index contributed by atoms with van der Waals surface area (Å²) in [4.78, 5) is 36.8. The molecule has 7 heteroatoms. The van der Waals surface area contributed by atoms with E-state index in [0.717, 1.165) is 0 Å². The quantitative estimate of drug-likeness (QED) is 0.725. The van der Waals surface area contributed by atoms with E-state index in [1.54, 1.807) is 18.9 Å². The van der Waals surface area contributed by atoms with Gasteiger partial charge in [0.05, 0.1) is 19.4 Å². The van der Waals surface area contributed by atoms with Gasteiger partial charge in [-0.3, -0.25) is 9.59 Å². The van der Waals surface area contributed by atoms with E-state index < -0.39 is 5.97 Å². The van der Waals surface area contributed by atoms with Crippen LogP contribution in [0.5, 0.6) is 0 Å². The number of carboxylic acids is 1. The van der Waals surface area contributed by atoms with E-state index in [9.17, 15) is 14.4 Å². The Balaban J connectivity index is 2.35. The highest BCUT2D eigenvalue weighted by Gasteiger charge is 2.34. The number of carboxylic acid groups (broad SMARTS) is 1. The molecule has 0 aliphatic carbocycles. The summed E-state index contributed by atoms with van der Waals surface area (Å²) in [6, 6.07) is -0.183. The molecule has 0 radical (unpaired) electrons. The highest BCUT2D eigenvalue weighted by molar-refractivity contribution is 5.77. The molecule has 1 aliphatic rings. The number of hydrogen-bond donors (Lipinski definition) is 1. The summed E-state index contributed by atoms with van der Waals surface area (Å²) >= 11 is 0. The molecule has 1 unspecified atom stereocenters. The van der Waals surface area contributed by atoms with Crippen LogP contribution in [-0.2, 0) is 14.3 Å². The molecular weight excluding hydrogens is 252 g/mol. The summed E-state index contributed by atoms with van der Waals surface area (Å²) in [5.41, 5.74) is 0. The first-order valence-electron chi connectivity index (χ1n) is 6.14. The van der Waals surface area contributed by atoms with Crippen molar-refractivity contribution in [2.75, 3.05) is 33.8 Å². The highest BCUT2D eigenvalue weighted by atomic mass is 16.5. The van der Waals surface area contributed by atoms with Crippen LogP contribution in [0, 0.1) is 11.8 Å². The number of carbonyl (C=O) groups is 3.